The van der Waals surface area contributed by atoms with Crippen LogP contribution in [0.25, 0.3) is 0 Å². The number of benzene rings is 3. The van der Waals surface area contributed by atoms with Crippen molar-refractivity contribution in [2.24, 2.45) is 0 Å². The van der Waals surface area contributed by atoms with Crippen LogP contribution in [-0.2, 0) is 14.8 Å². The smallest absolute Gasteiger partial charge is 0.264 e. The number of halogens is 1. The van der Waals surface area contributed by atoms with Crippen LogP contribution in [0.2, 0.25) is 5.02 Å². The fraction of sp³-hybridized carbons (Fsp3) is 0.174. The second-order valence-corrected chi connectivity index (χ2v) is 9.29. The van der Waals surface area contributed by atoms with Crippen molar-refractivity contribution in [3.05, 3.63) is 88.4 Å². The number of aryl methyl sites for hydroxylation is 2. The largest absolute Gasteiger partial charge is 0.324 e. The minimum absolute atomic E-state index is 0.101. The van der Waals surface area contributed by atoms with Gasteiger partial charge in [0.15, 0.2) is 0 Å². The van der Waals surface area contributed by atoms with Crippen molar-refractivity contribution >= 4 is 38.9 Å². The quantitative estimate of drug-likeness (QED) is 0.577. The van der Waals surface area contributed by atoms with Gasteiger partial charge in [0.05, 0.1) is 10.6 Å². The highest BCUT2D eigenvalue weighted by Crippen LogP contribution is 2.31. The lowest BCUT2D eigenvalue weighted by Gasteiger charge is -2.26. The fourth-order valence-electron chi connectivity index (χ4n) is 3.21. The molecule has 0 saturated heterocycles. The van der Waals surface area contributed by atoms with Crippen molar-refractivity contribution in [2.75, 3.05) is 16.2 Å². The van der Waals surface area contributed by atoms with Gasteiger partial charge < -0.3 is 5.32 Å². The van der Waals surface area contributed by atoms with Crippen molar-refractivity contribution in [1.29, 1.82) is 0 Å². The molecule has 30 heavy (non-hydrogen) atoms. The van der Waals surface area contributed by atoms with Gasteiger partial charge in [0, 0.05) is 10.7 Å². The van der Waals surface area contributed by atoms with Crippen molar-refractivity contribution < 1.29 is 13.2 Å². The molecule has 0 bridgehead atoms. The number of carbonyl (C=O) groups is 1. The van der Waals surface area contributed by atoms with Gasteiger partial charge in [-0.05, 0) is 61.7 Å². The molecule has 0 fully saturated rings. The van der Waals surface area contributed by atoms with Gasteiger partial charge in [0.2, 0.25) is 5.91 Å². The third kappa shape index (κ3) is 4.50. The van der Waals surface area contributed by atoms with Gasteiger partial charge in [0.1, 0.15) is 6.54 Å². The SMILES string of the molecule is Cc1cccc(C)c1NC(=O)CN(c1cccc(Cl)c1C)S(=O)(=O)c1ccccc1. The highest BCUT2D eigenvalue weighted by Gasteiger charge is 2.28. The van der Waals surface area contributed by atoms with E-state index in [0.29, 0.717) is 22.0 Å². The Labute approximate surface area is 182 Å². The zero-order valence-corrected chi connectivity index (χ0v) is 18.6. The molecular weight excluding hydrogens is 420 g/mol. The molecule has 5 nitrogen and oxygen atoms in total. The van der Waals surface area contributed by atoms with Crippen LogP contribution in [0.4, 0.5) is 11.4 Å². The topological polar surface area (TPSA) is 66.5 Å². The third-order valence-electron chi connectivity index (χ3n) is 4.87. The first-order valence-electron chi connectivity index (χ1n) is 9.41. The van der Waals surface area contributed by atoms with Crippen LogP contribution >= 0.6 is 11.6 Å². The van der Waals surface area contributed by atoms with E-state index in [2.05, 4.69) is 5.32 Å². The number of amides is 1. The Morgan fingerprint density at radius 2 is 1.50 bits per heavy atom. The number of hydrogen-bond acceptors (Lipinski definition) is 3. The monoisotopic (exact) mass is 442 g/mol. The first kappa shape index (κ1) is 21.9. The molecule has 0 radical (unpaired) electrons. The minimum Gasteiger partial charge on any atom is -0.324 e. The third-order valence-corrected chi connectivity index (χ3v) is 7.06. The summed E-state index contributed by atoms with van der Waals surface area (Å²) >= 11 is 6.24. The summed E-state index contributed by atoms with van der Waals surface area (Å²) in [6.07, 6.45) is 0. The van der Waals surface area contributed by atoms with Gasteiger partial charge in [-0.25, -0.2) is 8.42 Å². The van der Waals surface area contributed by atoms with Crippen LogP contribution in [0.5, 0.6) is 0 Å². The second kappa shape index (κ2) is 8.90. The molecule has 3 rings (SSSR count). The molecule has 1 amide bonds. The summed E-state index contributed by atoms with van der Waals surface area (Å²) in [6.45, 7) is 5.13. The lowest BCUT2D eigenvalue weighted by Crippen LogP contribution is -2.38. The molecule has 0 aliphatic carbocycles. The Hall–Kier alpha value is -2.83. The summed E-state index contributed by atoms with van der Waals surface area (Å²) in [5.74, 6) is -0.439. The molecule has 0 saturated carbocycles. The average Bonchev–Trinajstić information content (AvgIpc) is 2.72. The van der Waals surface area contributed by atoms with Crippen LogP contribution in [0.1, 0.15) is 16.7 Å². The number of rotatable bonds is 6. The highest BCUT2D eigenvalue weighted by molar-refractivity contribution is 7.92. The Bertz CT molecular complexity index is 1160. The zero-order chi connectivity index (χ0) is 21.9. The first-order chi connectivity index (χ1) is 14.2. The molecule has 0 aliphatic heterocycles. The Kier molecular flexibility index (Phi) is 6.48. The van der Waals surface area contributed by atoms with E-state index in [0.717, 1.165) is 15.4 Å². The predicted molar refractivity (Wildman–Crippen MR) is 122 cm³/mol. The lowest BCUT2D eigenvalue weighted by molar-refractivity contribution is -0.114. The molecule has 0 aliphatic rings. The molecule has 0 spiro atoms. The molecule has 0 aromatic heterocycles. The van der Waals surface area contributed by atoms with Gasteiger partial charge in [-0.2, -0.15) is 0 Å². The average molecular weight is 443 g/mol. The van der Waals surface area contributed by atoms with Gasteiger partial charge in [0.25, 0.3) is 10.0 Å². The highest BCUT2D eigenvalue weighted by atomic mass is 35.5. The van der Waals surface area contributed by atoms with Crippen molar-refractivity contribution in [2.45, 2.75) is 25.7 Å². The summed E-state index contributed by atoms with van der Waals surface area (Å²) in [5.41, 5.74) is 3.43. The van der Waals surface area contributed by atoms with E-state index in [-0.39, 0.29) is 11.4 Å². The summed E-state index contributed by atoms with van der Waals surface area (Å²) in [4.78, 5) is 13.0. The van der Waals surface area contributed by atoms with E-state index >= 15 is 0 Å². The number of nitrogens with zero attached hydrogens (tertiary/aromatic N) is 1. The number of nitrogens with one attached hydrogen (secondary N) is 1. The van der Waals surface area contributed by atoms with Gasteiger partial charge in [-0.3, -0.25) is 9.10 Å². The van der Waals surface area contributed by atoms with Crippen molar-refractivity contribution in [1.82, 2.24) is 0 Å². The van der Waals surface area contributed by atoms with Gasteiger partial charge in [-0.1, -0.05) is 54.1 Å². The zero-order valence-electron chi connectivity index (χ0n) is 17.0. The minimum atomic E-state index is -3.99. The van der Waals surface area contributed by atoms with Gasteiger partial charge >= 0.3 is 0 Å². The van der Waals surface area contributed by atoms with E-state index < -0.39 is 15.9 Å². The van der Waals surface area contributed by atoms with Crippen molar-refractivity contribution in [3.63, 3.8) is 0 Å². The molecule has 3 aromatic rings. The Morgan fingerprint density at radius 3 is 2.13 bits per heavy atom. The molecule has 0 unspecified atom stereocenters. The van der Waals surface area contributed by atoms with Crippen molar-refractivity contribution in [3.8, 4) is 0 Å². The maximum absolute atomic E-state index is 13.4. The molecule has 156 valence electrons. The van der Waals surface area contributed by atoms with Gasteiger partial charge in [-0.15, -0.1) is 0 Å². The van der Waals surface area contributed by atoms with Crippen LogP contribution in [0.3, 0.4) is 0 Å². The van der Waals surface area contributed by atoms with Crippen LogP contribution in [0.15, 0.2) is 71.6 Å². The maximum Gasteiger partial charge on any atom is 0.264 e. The van der Waals surface area contributed by atoms with Crippen LogP contribution < -0.4 is 9.62 Å². The normalized spacial score (nSPS) is 11.2. The number of hydrogen-bond donors (Lipinski definition) is 1. The molecular formula is C23H23ClN2O3S. The van der Waals surface area contributed by atoms with E-state index in [1.165, 1.54) is 12.1 Å². The predicted octanol–water partition coefficient (Wildman–Crippen LogP) is 5.10. The molecule has 7 heteroatoms. The summed E-state index contributed by atoms with van der Waals surface area (Å²) in [6, 6.07) is 18.7. The first-order valence-corrected chi connectivity index (χ1v) is 11.2. The Balaban J connectivity index is 2.02. The van der Waals surface area contributed by atoms with E-state index in [4.69, 9.17) is 11.6 Å². The Morgan fingerprint density at radius 1 is 0.900 bits per heavy atom. The number of sulfonamides is 1. The van der Waals surface area contributed by atoms with E-state index in [1.54, 1.807) is 43.3 Å². The maximum atomic E-state index is 13.4. The summed E-state index contributed by atoms with van der Waals surface area (Å²) < 4.78 is 27.9. The summed E-state index contributed by atoms with van der Waals surface area (Å²) in [7, 11) is -3.99. The molecule has 0 heterocycles. The fourth-order valence-corrected chi connectivity index (χ4v) is 4.88. The van der Waals surface area contributed by atoms with E-state index in [9.17, 15) is 13.2 Å². The van der Waals surface area contributed by atoms with Crippen LogP contribution in [0, 0.1) is 20.8 Å². The number of anilines is 2. The standard InChI is InChI=1S/C23H23ClN2O3S/c1-16-9-7-10-17(2)23(16)25-22(27)15-26(21-14-8-13-20(24)18(21)3)30(28,29)19-11-5-4-6-12-19/h4-14H,15H2,1-3H3,(H,25,27). The lowest BCUT2D eigenvalue weighted by atomic mass is 10.1. The number of para-hydroxylation sites is 1. The van der Waals surface area contributed by atoms with E-state index in [1.807, 2.05) is 32.0 Å². The molecule has 1 N–H and O–H groups in total. The molecule has 0 atom stereocenters. The second-order valence-electron chi connectivity index (χ2n) is 7.02. The molecule has 3 aromatic carbocycles. The summed E-state index contributed by atoms with van der Waals surface area (Å²) in [5, 5.41) is 3.29. The number of carbonyl (C=O) groups excluding carboxylic acids is 1. The van der Waals surface area contributed by atoms with Crippen LogP contribution in [-0.4, -0.2) is 20.9 Å².